The Kier molecular flexibility index (Phi) is 7.90. The van der Waals surface area contributed by atoms with Crippen molar-refractivity contribution in [1.82, 2.24) is 35.0 Å². The zero-order chi connectivity index (χ0) is 27.6. The van der Waals surface area contributed by atoms with Gasteiger partial charge in [-0.25, -0.2) is 9.50 Å². The van der Waals surface area contributed by atoms with Crippen molar-refractivity contribution in [3.63, 3.8) is 0 Å². The fourth-order valence-corrected chi connectivity index (χ4v) is 5.85. The van der Waals surface area contributed by atoms with Crippen LogP contribution in [0.25, 0.3) is 5.65 Å². The zero-order valence-electron chi connectivity index (χ0n) is 22.0. The van der Waals surface area contributed by atoms with Crippen LogP contribution in [0.15, 0.2) is 30.6 Å². The zero-order valence-corrected chi connectivity index (χ0v) is 22.0. The monoisotopic (exact) mass is 545 g/mol. The number of halogens is 3. The number of amides is 2. The summed E-state index contributed by atoms with van der Waals surface area (Å²) in [5.74, 6) is -2.75. The first-order chi connectivity index (χ1) is 18.7. The summed E-state index contributed by atoms with van der Waals surface area (Å²) >= 11 is 0. The number of aryl methyl sites for hydroxylation is 1. The van der Waals surface area contributed by atoms with E-state index in [1.807, 2.05) is 6.92 Å². The predicted molar refractivity (Wildman–Crippen MR) is 137 cm³/mol. The summed E-state index contributed by atoms with van der Waals surface area (Å²) in [4.78, 5) is 30.4. The minimum Gasteiger partial charge on any atom is -0.355 e. The van der Waals surface area contributed by atoms with Crippen LogP contribution in [0.2, 0.25) is 0 Å². The lowest BCUT2D eigenvalue weighted by molar-refractivity contribution is -0.183. The molecule has 12 heteroatoms. The molecule has 2 N–H and O–H groups in total. The first-order valence-electron chi connectivity index (χ1n) is 13.7. The molecule has 1 saturated carbocycles. The molecule has 4 heterocycles. The number of rotatable bonds is 7. The first-order valence-corrected chi connectivity index (χ1v) is 13.7. The van der Waals surface area contributed by atoms with E-state index in [1.54, 1.807) is 39.8 Å². The van der Waals surface area contributed by atoms with E-state index < -0.39 is 18.0 Å². The number of nitrogens with one attached hydrogen (secondary N) is 2. The number of piperidine rings is 1. The van der Waals surface area contributed by atoms with Crippen LogP contribution in [0.4, 0.5) is 13.2 Å². The van der Waals surface area contributed by atoms with Gasteiger partial charge in [-0.2, -0.15) is 23.4 Å². The molecule has 1 aliphatic carbocycles. The molecule has 0 aromatic carbocycles. The van der Waals surface area contributed by atoms with E-state index in [1.165, 1.54) is 12.8 Å². The lowest BCUT2D eigenvalue weighted by atomic mass is 9.86. The average Bonchev–Trinajstić information content (AvgIpc) is 3.47. The second-order valence-corrected chi connectivity index (χ2v) is 10.6. The van der Waals surface area contributed by atoms with Crippen molar-refractivity contribution in [3.05, 3.63) is 47.7 Å². The molecule has 3 aromatic rings. The van der Waals surface area contributed by atoms with Crippen molar-refractivity contribution in [1.29, 1.82) is 0 Å². The Morgan fingerprint density at radius 1 is 1.18 bits per heavy atom. The second kappa shape index (κ2) is 11.4. The Morgan fingerprint density at radius 3 is 2.67 bits per heavy atom. The molecular weight excluding hydrogens is 511 g/mol. The number of aromatic nitrogens is 5. The Hall–Kier alpha value is -3.44. The highest BCUT2D eigenvalue weighted by Gasteiger charge is 2.44. The first kappa shape index (κ1) is 27.1. The van der Waals surface area contributed by atoms with Crippen molar-refractivity contribution < 1.29 is 22.8 Å². The van der Waals surface area contributed by atoms with E-state index >= 15 is 0 Å². The molecule has 0 radical (unpaired) electrons. The third-order valence-corrected chi connectivity index (χ3v) is 8.00. The Labute approximate surface area is 224 Å². The van der Waals surface area contributed by atoms with Crippen molar-refractivity contribution in [2.24, 2.45) is 17.8 Å². The molecule has 0 bridgehead atoms. The lowest BCUT2D eigenvalue weighted by Gasteiger charge is -2.30. The second-order valence-electron chi connectivity index (χ2n) is 10.6. The molecule has 1 aliphatic heterocycles. The van der Waals surface area contributed by atoms with Gasteiger partial charge in [-0.1, -0.05) is 25.7 Å². The third-order valence-electron chi connectivity index (χ3n) is 8.00. The minimum atomic E-state index is -4.35. The number of carbonyl (C=O) groups is 2. The van der Waals surface area contributed by atoms with Crippen molar-refractivity contribution in [3.8, 4) is 0 Å². The predicted octanol–water partition coefficient (Wildman–Crippen LogP) is 4.24. The molecular formula is C27H34F3N7O2. The average molecular weight is 546 g/mol. The summed E-state index contributed by atoms with van der Waals surface area (Å²) < 4.78 is 43.0. The highest BCUT2D eigenvalue weighted by molar-refractivity contribution is 5.92. The Morgan fingerprint density at radius 2 is 1.95 bits per heavy atom. The van der Waals surface area contributed by atoms with Gasteiger partial charge in [0.05, 0.1) is 29.5 Å². The maximum absolute atomic E-state index is 13.3. The number of carbonyl (C=O) groups excluding carboxylic acids is 2. The van der Waals surface area contributed by atoms with Crippen LogP contribution in [0, 0.1) is 17.8 Å². The summed E-state index contributed by atoms with van der Waals surface area (Å²) in [6, 6.07) is 4.84. The number of imidazole rings is 1. The molecule has 3 atom stereocenters. The normalized spacial score (nSPS) is 21.9. The molecule has 210 valence electrons. The quantitative estimate of drug-likeness (QED) is 0.432. The van der Waals surface area contributed by atoms with E-state index in [0.717, 1.165) is 25.7 Å². The molecule has 9 nitrogen and oxygen atoms in total. The van der Waals surface area contributed by atoms with Crippen LogP contribution < -0.4 is 10.6 Å². The number of alkyl halides is 3. The fraction of sp³-hybridized carbons (Fsp3) is 0.593. The van der Waals surface area contributed by atoms with Crippen LogP contribution >= 0.6 is 0 Å². The Balaban J connectivity index is 1.39. The highest BCUT2D eigenvalue weighted by Crippen LogP contribution is 2.35. The molecule has 2 fully saturated rings. The summed E-state index contributed by atoms with van der Waals surface area (Å²) in [6.45, 7) is 2.12. The van der Waals surface area contributed by atoms with Gasteiger partial charge in [-0.3, -0.25) is 14.3 Å². The summed E-state index contributed by atoms with van der Waals surface area (Å²) in [5.41, 5.74) is 2.26. The largest absolute Gasteiger partial charge is 0.393 e. The molecule has 5 rings (SSSR count). The number of hydrogen-bond donors (Lipinski definition) is 2. The lowest BCUT2D eigenvalue weighted by Crippen LogP contribution is -2.47. The topological polar surface area (TPSA) is 106 Å². The molecule has 1 saturated heterocycles. The van der Waals surface area contributed by atoms with Crippen LogP contribution in [0.5, 0.6) is 0 Å². The molecule has 2 aliphatic rings. The van der Waals surface area contributed by atoms with Gasteiger partial charge < -0.3 is 10.6 Å². The summed E-state index contributed by atoms with van der Waals surface area (Å²) in [6.07, 6.45) is 5.34. The number of nitrogens with zero attached hydrogens (tertiary/aromatic N) is 5. The van der Waals surface area contributed by atoms with Crippen molar-refractivity contribution >= 4 is 17.5 Å². The summed E-state index contributed by atoms with van der Waals surface area (Å²) in [7, 11) is 0. The van der Waals surface area contributed by atoms with Crippen LogP contribution in [-0.2, 0) is 17.8 Å². The van der Waals surface area contributed by atoms with Gasteiger partial charge in [-0.05, 0) is 50.3 Å². The van der Waals surface area contributed by atoms with E-state index in [4.69, 9.17) is 4.98 Å². The van der Waals surface area contributed by atoms with Gasteiger partial charge in [0.25, 0.3) is 5.91 Å². The van der Waals surface area contributed by atoms with Crippen LogP contribution in [0.1, 0.15) is 79.8 Å². The van der Waals surface area contributed by atoms with Gasteiger partial charge in [0.1, 0.15) is 5.69 Å². The van der Waals surface area contributed by atoms with E-state index in [0.29, 0.717) is 29.3 Å². The smallest absolute Gasteiger partial charge is 0.355 e. The van der Waals surface area contributed by atoms with Crippen molar-refractivity contribution in [2.45, 2.75) is 77.1 Å². The fourth-order valence-electron chi connectivity index (χ4n) is 5.85. The van der Waals surface area contributed by atoms with Crippen molar-refractivity contribution in [2.75, 3.05) is 6.54 Å². The Bertz CT molecular complexity index is 1310. The van der Waals surface area contributed by atoms with Crippen LogP contribution in [0.3, 0.4) is 0 Å². The molecule has 0 spiro atoms. The maximum Gasteiger partial charge on any atom is 0.393 e. The summed E-state index contributed by atoms with van der Waals surface area (Å²) in [5, 5.41) is 14.4. The van der Waals surface area contributed by atoms with Gasteiger partial charge in [-0.15, -0.1) is 0 Å². The maximum atomic E-state index is 13.3. The molecule has 2 unspecified atom stereocenters. The highest BCUT2D eigenvalue weighted by atomic mass is 19.4. The van der Waals surface area contributed by atoms with Gasteiger partial charge >= 0.3 is 6.18 Å². The SMILES string of the molecule is CCn1nccc1C(=O)NC(c1cn2nc(CC3C[C@H](C(F)(F)F)CNC3=O)ccc2n1)C1CCCCCC1. The van der Waals surface area contributed by atoms with Gasteiger partial charge in [0.2, 0.25) is 5.91 Å². The number of fused-ring (bicyclic) bond motifs is 1. The van der Waals surface area contributed by atoms with Crippen LogP contribution in [-0.4, -0.2) is 48.9 Å². The van der Waals surface area contributed by atoms with Gasteiger partial charge in [0, 0.05) is 31.6 Å². The van der Waals surface area contributed by atoms with Gasteiger partial charge in [0.15, 0.2) is 5.65 Å². The molecule has 3 aromatic heterocycles. The minimum absolute atomic E-state index is 0.103. The van der Waals surface area contributed by atoms with E-state index in [2.05, 4.69) is 20.8 Å². The standard InChI is InChI=1S/C27H34F3N7O2/c1-2-36-22(11-12-32-36)26(39)34-24(17-7-5-3-4-6-8-17)21-16-37-23(33-21)10-9-20(35-37)14-18-13-19(27(28,29)30)15-31-25(18)38/h9-12,16-19,24H,2-8,13-15H2,1H3,(H,31,38)(H,34,39)/t18?,19-,24?/m0/s1. The third kappa shape index (κ3) is 6.09. The van der Waals surface area contributed by atoms with E-state index in [9.17, 15) is 22.8 Å². The molecule has 39 heavy (non-hydrogen) atoms. The molecule has 2 amide bonds. The van der Waals surface area contributed by atoms with E-state index in [-0.39, 0.29) is 43.2 Å². The number of hydrogen-bond acceptors (Lipinski definition) is 5.